The van der Waals surface area contributed by atoms with Crippen LogP contribution in [0.5, 0.6) is 0 Å². The third-order valence-corrected chi connectivity index (χ3v) is 6.65. The molecule has 7 heteroatoms. The molecular formula is C20H25ClN2O3S. The van der Waals surface area contributed by atoms with Gasteiger partial charge in [0.25, 0.3) is 0 Å². The SMILES string of the molecule is CCCN(C1CCNC1)S(=O)(=O)c1ccccc1C(=O)c1ccccc1.Cl. The van der Waals surface area contributed by atoms with Gasteiger partial charge in [-0.1, -0.05) is 49.4 Å². The van der Waals surface area contributed by atoms with E-state index < -0.39 is 10.0 Å². The molecule has 1 aliphatic heterocycles. The number of nitrogens with one attached hydrogen (secondary N) is 1. The number of carbonyl (C=O) groups excluding carboxylic acids is 1. The third kappa shape index (κ3) is 4.58. The molecule has 1 atom stereocenters. The lowest BCUT2D eigenvalue weighted by molar-refractivity contribution is 0.103. The fraction of sp³-hybridized carbons (Fsp3) is 0.350. The first-order valence-corrected chi connectivity index (χ1v) is 10.4. The van der Waals surface area contributed by atoms with Crippen molar-refractivity contribution >= 4 is 28.2 Å². The Morgan fingerprint density at radius 3 is 2.41 bits per heavy atom. The van der Waals surface area contributed by atoms with Crippen molar-refractivity contribution in [3.8, 4) is 0 Å². The van der Waals surface area contributed by atoms with E-state index in [0.29, 0.717) is 18.7 Å². The van der Waals surface area contributed by atoms with Gasteiger partial charge in [-0.2, -0.15) is 4.31 Å². The number of rotatable bonds is 7. The van der Waals surface area contributed by atoms with Gasteiger partial charge in [0, 0.05) is 30.3 Å². The minimum Gasteiger partial charge on any atom is -0.315 e. The average molecular weight is 409 g/mol. The number of hydrogen-bond acceptors (Lipinski definition) is 4. The standard InChI is InChI=1S/C20H24N2O3S.ClH/c1-2-14-22(17-12-13-21-15-17)26(24,25)19-11-7-6-10-18(19)20(23)16-8-4-3-5-9-16;/h3-11,17,21H,2,12-15H2,1H3;1H. The first-order chi connectivity index (χ1) is 12.6. The summed E-state index contributed by atoms with van der Waals surface area (Å²) in [5.74, 6) is -0.272. The van der Waals surface area contributed by atoms with E-state index in [-0.39, 0.29) is 34.7 Å². The zero-order valence-corrected chi connectivity index (χ0v) is 16.9. The summed E-state index contributed by atoms with van der Waals surface area (Å²) in [5.41, 5.74) is 0.713. The monoisotopic (exact) mass is 408 g/mol. The van der Waals surface area contributed by atoms with E-state index in [2.05, 4.69) is 5.32 Å². The first-order valence-electron chi connectivity index (χ1n) is 8.97. The lowest BCUT2D eigenvalue weighted by atomic mass is 10.0. The third-order valence-electron chi connectivity index (χ3n) is 4.64. The molecule has 1 aliphatic rings. The molecule has 1 unspecified atom stereocenters. The molecular weight excluding hydrogens is 384 g/mol. The molecule has 0 saturated carbocycles. The van der Waals surface area contributed by atoms with Gasteiger partial charge in [0.05, 0.1) is 4.90 Å². The van der Waals surface area contributed by atoms with Crippen molar-refractivity contribution in [1.82, 2.24) is 9.62 Å². The molecule has 5 nitrogen and oxygen atoms in total. The minimum absolute atomic E-state index is 0. The second-order valence-electron chi connectivity index (χ2n) is 6.45. The highest BCUT2D eigenvalue weighted by atomic mass is 35.5. The van der Waals surface area contributed by atoms with Crippen molar-refractivity contribution < 1.29 is 13.2 Å². The smallest absolute Gasteiger partial charge is 0.244 e. The molecule has 0 amide bonds. The number of benzene rings is 2. The Morgan fingerprint density at radius 1 is 1.11 bits per heavy atom. The molecule has 3 rings (SSSR count). The van der Waals surface area contributed by atoms with Gasteiger partial charge in [0.2, 0.25) is 10.0 Å². The second-order valence-corrected chi connectivity index (χ2v) is 8.31. The number of ketones is 1. The number of nitrogens with zero attached hydrogens (tertiary/aromatic N) is 1. The lowest BCUT2D eigenvalue weighted by Crippen LogP contribution is -2.42. The van der Waals surface area contributed by atoms with Crippen LogP contribution >= 0.6 is 12.4 Å². The molecule has 2 aromatic carbocycles. The van der Waals surface area contributed by atoms with E-state index in [1.807, 2.05) is 13.0 Å². The summed E-state index contributed by atoms with van der Waals surface area (Å²) in [6.07, 6.45) is 1.51. The summed E-state index contributed by atoms with van der Waals surface area (Å²) >= 11 is 0. The highest BCUT2D eigenvalue weighted by Gasteiger charge is 2.34. The molecule has 146 valence electrons. The van der Waals surface area contributed by atoms with Crippen LogP contribution in [-0.4, -0.2) is 44.2 Å². The van der Waals surface area contributed by atoms with Crippen LogP contribution in [0.4, 0.5) is 0 Å². The zero-order chi connectivity index (χ0) is 18.6. The van der Waals surface area contributed by atoms with Crippen LogP contribution in [0.3, 0.4) is 0 Å². The summed E-state index contributed by atoms with van der Waals surface area (Å²) in [6, 6.07) is 15.2. The Morgan fingerprint density at radius 2 is 1.78 bits per heavy atom. The normalized spacial score (nSPS) is 16.9. The summed E-state index contributed by atoms with van der Waals surface area (Å²) in [7, 11) is -3.76. The van der Waals surface area contributed by atoms with Crippen molar-refractivity contribution in [2.45, 2.75) is 30.7 Å². The van der Waals surface area contributed by atoms with Crippen molar-refractivity contribution in [3.05, 3.63) is 65.7 Å². The van der Waals surface area contributed by atoms with Gasteiger partial charge in [-0.25, -0.2) is 8.42 Å². The number of sulfonamides is 1. The van der Waals surface area contributed by atoms with Crippen molar-refractivity contribution in [2.75, 3.05) is 19.6 Å². The Hall–Kier alpha value is -1.73. The largest absolute Gasteiger partial charge is 0.315 e. The number of carbonyl (C=O) groups is 1. The molecule has 1 N–H and O–H groups in total. The predicted octanol–water partition coefficient (Wildman–Crippen LogP) is 3.10. The van der Waals surface area contributed by atoms with Gasteiger partial charge in [-0.05, 0) is 31.5 Å². The van der Waals surface area contributed by atoms with E-state index in [0.717, 1.165) is 19.4 Å². The van der Waals surface area contributed by atoms with Crippen molar-refractivity contribution in [3.63, 3.8) is 0 Å². The molecule has 1 heterocycles. The Balaban J connectivity index is 0.00000261. The second kappa shape index (κ2) is 9.46. The maximum Gasteiger partial charge on any atom is 0.244 e. The van der Waals surface area contributed by atoms with Crippen LogP contribution in [0.25, 0.3) is 0 Å². The van der Waals surface area contributed by atoms with Crippen LogP contribution in [0.15, 0.2) is 59.5 Å². The molecule has 0 aliphatic carbocycles. The quantitative estimate of drug-likeness (QED) is 0.715. The molecule has 1 fully saturated rings. The predicted molar refractivity (Wildman–Crippen MR) is 109 cm³/mol. The minimum atomic E-state index is -3.76. The van der Waals surface area contributed by atoms with E-state index >= 15 is 0 Å². The van der Waals surface area contributed by atoms with Gasteiger partial charge in [0.1, 0.15) is 0 Å². The molecule has 0 bridgehead atoms. The molecule has 2 aromatic rings. The molecule has 1 saturated heterocycles. The highest BCUT2D eigenvalue weighted by molar-refractivity contribution is 7.89. The Bertz CT molecular complexity index is 866. The first kappa shape index (κ1) is 21.6. The maximum absolute atomic E-state index is 13.4. The molecule has 0 radical (unpaired) electrons. The summed E-state index contributed by atoms with van der Waals surface area (Å²) in [5, 5.41) is 3.22. The fourth-order valence-corrected chi connectivity index (χ4v) is 5.29. The van der Waals surface area contributed by atoms with E-state index in [1.165, 1.54) is 6.07 Å². The van der Waals surface area contributed by atoms with Gasteiger partial charge in [-0.15, -0.1) is 12.4 Å². The van der Waals surface area contributed by atoms with E-state index in [9.17, 15) is 13.2 Å². The van der Waals surface area contributed by atoms with Gasteiger partial charge < -0.3 is 5.32 Å². The Kier molecular flexibility index (Phi) is 7.56. The summed E-state index contributed by atoms with van der Waals surface area (Å²) in [4.78, 5) is 13.0. The van der Waals surface area contributed by atoms with Crippen LogP contribution in [0, 0.1) is 0 Å². The Labute approximate surface area is 167 Å². The van der Waals surface area contributed by atoms with Crippen LogP contribution < -0.4 is 5.32 Å². The van der Waals surface area contributed by atoms with Crippen LogP contribution in [0.2, 0.25) is 0 Å². The highest BCUT2D eigenvalue weighted by Crippen LogP contribution is 2.26. The van der Waals surface area contributed by atoms with Crippen molar-refractivity contribution in [1.29, 1.82) is 0 Å². The van der Waals surface area contributed by atoms with E-state index in [1.54, 1.807) is 46.8 Å². The summed E-state index contributed by atoms with van der Waals surface area (Å²) < 4.78 is 28.4. The number of hydrogen-bond donors (Lipinski definition) is 1. The van der Waals surface area contributed by atoms with Crippen LogP contribution in [-0.2, 0) is 10.0 Å². The van der Waals surface area contributed by atoms with E-state index in [4.69, 9.17) is 0 Å². The average Bonchev–Trinajstić information content (AvgIpc) is 3.20. The molecule has 0 aromatic heterocycles. The number of halogens is 1. The summed E-state index contributed by atoms with van der Waals surface area (Å²) in [6.45, 7) is 3.87. The van der Waals surface area contributed by atoms with Crippen LogP contribution in [0.1, 0.15) is 35.7 Å². The topological polar surface area (TPSA) is 66.5 Å². The zero-order valence-electron chi connectivity index (χ0n) is 15.3. The van der Waals surface area contributed by atoms with Gasteiger partial charge in [0.15, 0.2) is 5.78 Å². The molecule has 27 heavy (non-hydrogen) atoms. The fourth-order valence-electron chi connectivity index (χ4n) is 3.36. The van der Waals surface area contributed by atoms with Gasteiger partial charge in [-0.3, -0.25) is 4.79 Å². The maximum atomic E-state index is 13.4. The lowest BCUT2D eigenvalue weighted by Gasteiger charge is -2.28. The van der Waals surface area contributed by atoms with Crippen molar-refractivity contribution in [2.24, 2.45) is 0 Å². The van der Waals surface area contributed by atoms with Gasteiger partial charge >= 0.3 is 0 Å². The molecule has 0 spiro atoms.